The van der Waals surface area contributed by atoms with Gasteiger partial charge in [0.25, 0.3) is 0 Å². The molecule has 0 saturated carbocycles. The molecule has 1 N–H and O–H groups in total. The number of nitrogens with zero attached hydrogens (tertiary/aromatic N) is 2. The molecular weight excluding hydrogens is 276 g/mol. The maximum Gasteiger partial charge on any atom is 0.326 e. The van der Waals surface area contributed by atoms with Gasteiger partial charge in [-0.3, -0.25) is 0 Å². The zero-order valence-corrected chi connectivity index (χ0v) is 12.1. The number of likely N-dealkylation sites (tertiary alicyclic amines) is 1. The molecule has 1 unspecified atom stereocenters. The summed E-state index contributed by atoms with van der Waals surface area (Å²) < 4.78 is 0. The molecule has 3 rings (SSSR count). The van der Waals surface area contributed by atoms with Gasteiger partial charge in [-0.2, -0.15) is 0 Å². The van der Waals surface area contributed by atoms with Crippen LogP contribution in [0.4, 0.5) is 4.79 Å². The van der Waals surface area contributed by atoms with Crippen molar-refractivity contribution in [2.24, 2.45) is 0 Å². The molecule has 20 heavy (non-hydrogen) atoms. The molecule has 0 bridgehead atoms. The number of hydrogen-bond donors (Lipinski definition) is 1. The number of aliphatic carboxylic acids is 1. The number of thiophene rings is 1. The number of piperidine rings is 1. The summed E-state index contributed by atoms with van der Waals surface area (Å²) in [7, 11) is 0. The number of amides is 2. The van der Waals surface area contributed by atoms with Crippen LogP contribution in [0.3, 0.4) is 0 Å². The third-order valence-electron chi connectivity index (χ3n) is 4.11. The zero-order chi connectivity index (χ0) is 14.1. The highest BCUT2D eigenvalue weighted by Gasteiger charge is 2.35. The summed E-state index contributed by atoms with van der Waals surface area (Å²) in [6.07, 6.45) is 3.23. The largest absolute Gasteiger partial charge is 0.480 e. The second-order valence-corrected chi connectivity index (χ2v) is 6.37. The van der Waals surface area contributed by atoms with E-state index in [4.69, 9.17) is 0 Å². The van der Waals surface area contributed by atoms with E-state index in [1.54, 1.807) is 21.1 Å². The van der Waals surface area contributed by atoms with Gasteiger partial charge in [0.2, 0.25) is 0 Å². The van der Waals surface area contributed by atoms with Crippen LogP contribution in [0.1, 0.15) is 29.7 Å². The molecule has 1 aromatic heterocycles. The molecule has 2 aliphatic rings. The normalized spacial score (nSPS) is 22.5. The lowest BCUT2D eigenvalue weighted by atomic mass is 10.0. The SMILES string of the molecule is O=C(O)C1CCCCN1C(=O)N1CCc2sccc2C1. The number of carboxylic acids is 1. The van der Waals surface area contributed by atoms with Crippen LogP contribution in [0.2, 0.25) is 0 Å². The van der Waals surface area contributed by atoms with Gasteiger partial charge in [-0.05, 0) is 42.7 Å². The number of fused-ring (bicyclic) bond motifs is 1. The van der Waals surface area contributed by atoms with Crippen molar-refractivity contribution in [2.45, 2.75) is 38.3 Å². The molecule has 2 amide bonds. The van der Waals surface area contributed by atoms with Crippen molar-refractivity contribution >= 4 is 23.3 Å². The lowest BCUT2D eigenvalue weighted by Gasteiger charge is -2.38. The molecule has 1 atom stereocenters. The average Bonchev–Trinajstić information content (AvgIpc) is 2.93. The van der Waals surface area contributed by atoms with E-state index in [9.17, 15) is 14.7 Å². The topological polar surface area (TPSA) is 60.9 Å². The fourth-order valence-corrected chi connectivity index (χ4v) is 3.90. The Morgan fingerprint density at radius 3 is 2.95 bits per heavy atom. The maximum absolute atomic E-state index is 12.6. The second-order valence-electron chi connectivity index (χ2n) is 5.37. The highest BCUT2D eigenvalue weighted by Crippen LogP contribution is 2.26. The van der Waals surface area contributed by atoms with Crippen LogP contribution in [0, 0.1) is 0 Å². The Kier molecular flexibility index (Phi) is 3.65. The smallest absolute Gasteiger partial charge is 0.326 e. The van der Waals surface area contributed by atoms with E-state index in [2.05, 4.69) is 11.4 Å². The van der Waals surface area contributed by atoms with Crippen molar-refractivity contribution in [3.05, 3.63) is 21.9 Å². The lowest BCUT2D eigenvalue weighted by Crippen LogP contribution is -2.53. The van der Waals surface area contributed by atoms with E-state index in [1.165, 1.54) is 10.4 Å². The first-order chi connectivity index (χ1) is 9.66. The summed E-state index contributed by atoms with van der Waals surface area (Å²) in [5.41, 5.74) is 1.21. The summed E-state index contributed by atoms with van der Waals surface area (Å²) >= 11 is 1.73. The van der Waals surface area contributed by atoms with Crippen LogP contribution in [0.5, 0.6) is 0 Å². The van der Waals surface area contributed by atoms with E-state index in [1.807, 2.05) is 0 Å². The molecule has 1 aromatic rings. The van der Waals surface area contributed by atoms with Crippen molar-refractivity contribution in [1.29, 1.82) is 0 Å². The first-order valence-corrected chi connectivity index (χ1v) is 7.88. The summed E-state index contributed by atoms with van der Waals surface area (Å²) in [5.74, 6) is -0.883. The van der Waals surface area contributed by atoms with E-state index in [0.717, 1.165) is 19.3 Å². The Hall–Kier alpha value is -1.56. The van der Waals surface area contributed by atoms with Gasteiger partial charge in [0.15, 0.2) is 0 Å². The molecule has 1 fully saturated rings. The zero-order valence-electron chi connectivity index (χ0n) is 11.2. The number of carbonyl (C=O) groups excluding carboxylic acids is 1. The lowest BCUT2D eigenvalue weighted by molar-refractivity contribution is -0.143. The third kappa shape index (κ3) is 2.40. The fraction of sp³-hybridized carbons (Fsp3) is 0.571. The minimum atomic E-state index is -0.883. The van der Waals surface area contributed by atoms with Crippen LogP contribution >= 0.6 is 11.3 Å². The fourth-order valence-electron chi connectivity index (χ4n) is 3.01. The number of carbonyl (C=O) groups is 2. The van der Waals surface area contributed by atoms with Crippen LogP contribution in [-0.2, 0) is 17.8 Å². The van der Waals surface area contributed by atoms with Gasteiger partial charge in [-0.15, -0.1) is 11.3 Å². The second kappa shape index (κ2) is 5.44. The van der Waals surface area contributed by atoms with Crippen LogP contribution in [-0.4, -0.2) is 46.0 Å². The molecule has 5 nitrogen and oxygen atoms in total. The van der Waals surface area contributed by atoms with E-state index >= 15 is 0 Å². The number of rotatable bonds is 1. The standard InChI is InChI=1S/C14H18N2O3S/c17-13(18)11-3-1-2-6-16(11)14(19)15-7-4-12-10(9-15)5-8-20-12/h5,8,11H,1-4,6-7,9H2,(H,17,18). The third-order valence-corrected chi connectivity index (χ3v) is 5.13. The molecule has 0 radical (unpaired) electrons. The molecule has 2 aliphatic heterocycles. The molecule has 0 aliphatic carbocycles. The Morgan fingerprint density at radius 2 is 2.15 bits per heavy atom. The van der Waals surface area contributed by atoms with Gasteiger partial charge >= 0.3 is 12.0 Å². The van der Waals surface area contributed by atoms with Crippen molar-refractivity contribution in [3.63, 3.8) is 0 Å². The van der Waals surface area contributed by atoms with Gasteiger partial charge in [-0.25, -0.2) is 9.59 Å². The summed E-state index contributed by atoms with van der Waals surface area (Å²) in [5, 5.41) is 11.3. The van der Waals surface area contributed by atoms with E-state index < -0.39 is 12.0 Å². The predicted molar refractivity (Wildman–Crippen MR) is 75.8 cm³/mol. The number of urea groups is 1. The molecule has 6 heteroatoms. The Bertz CT molecular complexity index is 528. The van der Waals surface area contributed by atoms with Gasteiger partial charge < -0.3 is 14.9 Å². The van der Waals surface area contributed by atoms with Crippen LogP contribution in [0.15, 0.2) is 11.4 Å². The number of carboxylic acid groups (broad SMARTS) is 1. The molecule has 3 heterocycles. The minimum absolute atomic E-state index is 0.117. The summed E-state index contributed by atoms with van der Waals surface area (Å²) in [6, 6.07) is 1.29. The first kappa shape index (κ1) is 13.4. The molecule has 108 valence electrons. The van der Waals surface area contributed by atoms with Gasteiger partial charge in [0.05, 0.1) is 0 Å². The Morgan fingerprint density at radius 1 is 1.30 bits per heavy atom. The van der Waals surface area contributed by atoms with Crippen molar-refractivity contribution in [1.82, 2.24) is 9.80 Å². The van der Waals surface area contributed by atoms with E-state index in [0.29, 0.717) is 26.1 Å². The molecule has 1 saturated heterocycles. The minimum Gasteiger partial charge on any atom is -0.480 e. The summed E-state index contributed by atoms with van der Waals surface area (Å²) in [6.45, 7) is 1.86. The average molecular weight is 294 g/mol. The van der Waals surface area contributed by atoms with Gasteiger partial charge in [0, 0.05) is 24.5 Å². The van der Waals surface area contributed by atoms with E-state index in [-0.39, 0.29) is 6.03 Å². The molecule has 0 spiro atoms. The van der Waals surface area contributed by atoms with Crippen molar-refractivity contribution in [3.8, 4) is 0 Å². The highest BCUT2D eigenvalue weighted by molar-refractivity contribution is 7.10. The summed E-state index contributed by atoms with van der Waals surface area (Å²) in [4.78, 5) is 28.6. The van der Waals surface area contributed by atoms with Crippen LogP contribution in [0.25, 0.3) is 0 Å². The van der Waals surface area contributed by atoms with Crippen molar-refractivity contribution < 1.29 is 14.7 Å². The quantitative estimate of drug-likeness (QED) is 0.863. The van der Waals surface area contributed by atoms with Crippen LogP contribution < -0.4 is 0 Å². The maximum atomic E-state index is 12.6. The first-order valence-electron chi connectivity index (χ1n) is 7.00. The Labute approximate surface area is 121 Å². The molecular formula is C14H18N2O3S. The predicted octanol–water partition coefficient (Wildman–Crippen LogP) is 2.17. The van der Waals surface area contributed by atoms with Gasteiger partial charge in [0.1, 0.15) is 6.04 Å². The Balaban J connectivity index is 1.73. The number of hydrogen-bond acceptors (Lipinski definition) is 3. The van der Waals surface area contributed by atoms with Crippen molar-refractivity contribution in [2.75, 3.05) is 13.1 Å². The monoisotopic (exact) mass is 294 g/mol. The van der Waals surface area contributed by atoms with Gasteiger partial charge in [-0.1, -0.05) is 0 Å². The molecule has 0 aromatic carbocycles. The highest BCUT2D eigenvalue weighted by atomic mass is 32.1.